The van der Waals surface area contributed by atoms with E-state index in [1.165, 1.54) is 0 Å². The number of hydrogen-bond acceptors (Lipinski definition) is 8. The molecule has 2 amide bonds. The van der Waals surface area contributed by atoms with Crippen molar-refractivity contribution >= 4 is 17.9 Å². The number of benzene rings is 3. The van der Waals surface area contributed by atoms with Gasteiger partial charge in [0.25, 0.3) is 11.8 Å². The van der Waals surface area contributed by atoms with Crippen LogP contribution in [0.1, 0.15) is 21.5 Å². The van der Waals surface area contributed by atoms with Crippen LogP contribution in [0.25, 0.3) is 6.08 Å². The van der Waals surface area contributed by atoms with Crippen LogP contribution in [0.3, 0.4) is 0 Å². The van der Waals surface area contributed by atoms with Crippen molar-refractivity contribution in [2.45, 2.75) is 6.54 Å². The normalized spacial score (nSPS) is 14.5. The monoisotopic (exact) mass is 488 g/mol. The van der Waals surface area contributed by atoms with Gasteiger partial charge in [0.15, 0.2) is 34.5 Å². The SMILES string of the molecule is O=C(NCc1ccc2c(c1)OCO2)/C(=C\c1ccc2c(c1)OCO2)NC(=O)c1ccc2c(c1)OCO2. The Labute approximate surface area is 205 Å². The van der Waals surface area contributed by atoms with Crippen LogP contribution < -0.4 is 39.1 Å². The smallest absolute Gasteiger partial charge is 0.268 e. The van der Waals surface area contributed by atoms with Crippen LogP contribution in [0.4, 0.5) is 0 Å². The molecule has 0 aliphatic carbocycles. The molecule has 3 aliphatic rings. The van der Waals surface area contributed by atoms with Crippen LogP contribution in [-0.2, 0) is 11.3 Å². The van der Waals surface area contributed by atoms with Crippen molar-refractivity contribution in [3.05, 3.63) is 77.0 Å². The molecule has 2 N–H and O–H groups in total. The van der Waals surface area contributed by atoms with Crippen molar-refractivity contribution in [2.75, 3.05) is 20.4 Å². The highest BCUT2D eigenvalue weighted by Gasteiger charge is 2.20. The summed E-state index contributed by atoms with van der Waals surface area (Å²) in [6.45, 7) is 0.609. The van der Waals surface area contributed by atoms with Crippen LogP contribution in [0.2, 0.25) is 0 Å². The van der Waals surface area contributed by atoms with Crippen LogP contribution in [0.15, 0.2) is 60.3 Å². The summed E-state index contributed by atoms with van der Waals surface area (Å²) in [4.78, 5) is 26.2. The molecule has 0 saturated carbocycles. The van der Waals surface area contributed by atoms with E-state index in [1.807, 2.05) is 6.07 Å². The molecule has 0 atom stereocenters. The van der Waals surface area contributed by atoms with E-state index in [9.17, 15) is 9.59 Å². The van der Waals surface area contributed by atoms with Gasteiger partial charge in [0, 0.05) is 12.1 Å². The molecule has 36 heavy (non-hydrogen) atoms. The van der Waals surface area contributed by atoms with Crippen LogP contribution in [0, 0.1) is 0 Å². The Bertz CT molecular complexity index is 1400. The van der Waals surface area contributed by atoms with E-state index in [4.69, 9.17) is 28.4 Å². The van der Waals surface area contributed by atoms with Crippen molar-refractivity contribution in [3.8, 4) is 34.5 Å². The Hall–Kier alpha value is -4.86. The predicted octanol–water partition coefficient (Wildman–Crippen LogP) is 2.96. The molecule has 10 heteroatoms. The molecule has 3 aromatic rings. The topological polar surface area (TPSA) is 114 Å². The van der Waals surface area contributed by atoms with Gasteiger partial charge >= 0.3 is 0 Å². The minimum atomic E-state index is -0.474. The molecule has 0 bridgehead atoms. The molecule has 3 heterocycles. The van der Waals surface area contributed by atoms with Gasteiger partial charge in [-0.15, -0.1) is 0 Å². The first kappa shape index (κ1) is 21.7. The lowest BCUT2D eigenvalue weighted by Gasteiger charge is -2.12. The Kier molecular flexibility index (Phi) is 5.45. The molecule has 0 radical (unpaired) electrons. The fraction of sp³-hybridized carbons (Fsp3) is 0.154. The predicted molar refractivity (Wildman–Crippen MR) is 125 cm³/mol. The minimum Gasteiger partial charge on any atom is -0.454 e. The first-order valence-electron chi connectivity index (χ1n) is 11.1. The molecule has 10 nitrogen and oxygen atoms in total. The molecule has 3 aromatic carbocycles. The maximum absolute atomic E-state index is 13.2. The summed E-state index contributed by atoms with van der Waals surface area (Å²) < 4.78 is 32.2. The number of fused-ring (bicyclic) bond motifs is 3. The Morgan fingerprint density at radius 2 is 1.28 bits per heavy atom. The fourth-order valence-corrected chi connectivity index (χ4v) is 3.89. The van der Waals surface area contributed by atoms with E-state index < -0.39 is 11.8 Å². The highest BCUT2D eigenvalue weighted by molar-refractivity contribution is 6.05. The summed E-state index contributed by atoms with van der Waals surface area (Å²) in [5.74, 6) is 2.54. The second-order valence-corrected chi connectivity index (χ2v) is 8.06. The second-order valence-electron chi connectivity index (χ2n) is 8.06. The zero-order valence-electron chi connectivity index (χ0n) is 18.9. The lowest BCUT2D eigenvalue weighted by atomic mass is 10.1. The summed E-state index contributed by atoms with van der Waals surface area (Å²) >= 11 is 0. The van der Waals surface area contributed by atoms with Gasteiger partial charge in [0.1, 0.15) is 5.70 Å². The molecule has 0 aromatic heterocycles. The van der Waals surface area contributed by atoms with Gasteiger partial charge in [-0.05, 0) is 59.7 Å². The molecular weight excluding hydrogens is 468 g/mol. The largest absolute Gasteiger partial charge is 0.454 e. The Morgan fingerprint density at radius 3 is 2.00 bits per heavy atom. The standard InChI is InChI=1S/C26H20N2O8/c29-25(17-3-6-21-24(10-17)36-14-33-21)28-18(7-15-1-4-19-22(8-15)34-12-31-19)26(30)27-11-16-2-5-20-23(9-16)35-13-32-20/h1-10H,11-14H2,(H,27,30)(H,28,29)/b18-7+. The van der Waals surface area contributed by atoms with Crippen LogP contribution in [0.5, 0.6) is 34.5 Å². The maximum atomic E-state index is 13.2. The highest BCUT2D eigenvalue weighted by Crippen LogP contribution is 2.34. The van der Waals surface area contributed by atoms with Gasteiger partial charge < -0.3 is 39.1 Å². The lowest BCUT2D eigenvalue weighted by molar-refractivity contribution is -0.117. The number of ether oxygens (including phenoxy) is 6. The third-order valence-electron chi connectivity index (χ3n) is 5.73. The molecule has 0 saturated heterocycles. The van der Waals surface area contributed by atoms with Gasteiger partial charge in [-0.3, -0.25) is 9.59 Å². The van der Waals surface area contributed by atoms with Crippen molar-refractivity contribution in [2.24, 2.45) is 0 Å². The molecule has 182 valence electrons. The highest BCUT2D eigenvalue weighted by atomic mass is 16.7. The molecule has 0 unspecified atom stereocenters. The van der Waals surface area contributed by atoms with Gasteiger partial charge in [0.2, 0.25) is 20.4 Å². The van der Waals surface area contributed by atoms with Crippen LogP contribution >= 0.6 is 0 Å². The molecule has 3 aliphatic heterocycles. The minimum absolute atomic E-state index is 0.0530. The molecule has 0 spiro atoms. The number of carbonyl (C=O) groups is 2. The van der Waals surface area contributed by atoms with Gasteiger partial charge in [-0.2, -0.15) is 0 Å². The van der Waals surface area contributed by atoms with Gasteiger partial charge in [-0.25, -0.2) is 0 Å². The maximum Gasteiger partial charge on any atom is 0.268 e. The van der Waals surface area contributed by atoms with Gasteiger partial charge in [0.05, 0.1) is 0 Å². The number of rotatable bonds is 6. The molecular formula is C26H20N2O8. The fourth-order valence-electron chi connectivity index (χ4n) is 3.89. The first-order chi connectivity index (χ1) is 17.6. The van der Waals surface area contributed by atoms with Crippen molar-refractivity contribution in [1.82, 2.24) is 10.6 Å². The van der Waals surface area contributed by atoms with E-state index in [0.29, 0.717) is 45.6 Å². The quantitative estimate of drug-likeness (QED) is 0.510. The summed E-state index contributed by atoms with van der Waals surface area (Å²) in [5, 5.41) is 5.56. The molecule has 6 rings (SSSR count). The van der Waals surface area contributed by atoms with Crippen LogP contribution in [-0.4, -0.2) is 32.2 Å². The number of amides is 2. The Balaban J connectivity index is 1.23. The Morgan fingerprint density at radius 1 is 0.694 bits per heavy atom. The summed E-state index contributed by atoms with van der Waals surface area (Å²) in [7, 11) is 0. The number of hydrogen-bond donors (Lipinski definition) is 2. The average Bonchev–Trinajstić information content (AvgIpc) is 3.66. The second kappa shape index (κ2) is 9.06. The van der Waals surface area contributed by atoms with E-state index in [1.54, 1.807) is 54.6 Å². The first-order valence-corrected chi connectivity index (χ1v) is 11.1. The van der Waals surface area contributed by atoms with E-state index in [2.05, 4.69) is 10.6 Å². The lowest BCUT2D eigenvalue weighted by Crippen LogP contribution is -2.34. The van der Waals surface area contributed by atoms with E-state index in [0.717, 1.165) is 5.56 Å². The van der Waals surface area contributed by atoms with E-state index >= 15 is 0 Å². The van der Waals surface area contributed by atoms with Crippen molar-refractivity contribution in [1.29, 1.82) is 0 Å². The number of nitrogens with one attached hydrogen (secondary N) is 2. The average molecular weight is 488 g/mol. The van der Waals surface area contributed by atoms with E-state index in [-0.39, 0.29) is 32.6 Å². The molecule has 0 fully saturated rings. The summed E-state index contributed by atoms with van der Waals surface area (Å²) in [6, 6.07) is 15.5. The zero-order valence-corrected chi connectivity index (χ0v) is 18.9. The van der Waals surface area contributed by atoms with Gasteiger partial charge in [-0.1, -0.05) is 12.1 Å². The van der Waals surface area contributed by atoms with Crippen molar-refractivity contribution in [3.63, 3.8) is 0 Å². The summed E-state index contributed by atoms with van der Waals surface area (Å²) in [5.41, 5.74) is 1.84. The third kappa shape index (κ3) is 4.31. The van der Waals surface area contributed by atoms with Crippen molar-refractivity contribution < 1.29 is 38.0 Å². The third-order valence-corrected chi connectivity index (χ3v) is 5.73. The summed E-state index contributed by atoms with van der Waals surface area (Å²) in [6.07, 6.45) is 1.57. The number of carbonyl (C=O) groups excluding carboxylic acids is 2. The zero-order chi connectivity index (χ0) is 24.5.